The molecule has 0 aliphatic carbocycles. The minimum atomic E-state index is 0.0704. The van der Waals surface area contributed by atoms with Crippen molar-refractivity contribution in [2.75, 3.05) is 33.5 Å². The predicted octanol–water partition coefficient (Wildman–Crippen LogP) is 3.67. The lowest BCUT2D eigenvalue weighted by Crippen LogP contribution is -2.44. The van der Waals surface area contributed by atoms with Crippen LogP contribution in [0.15, 0.2) is 48.5 Å². The number of rotatable bonds is 5. The Bertz CT molecular complexity index is 833. The van der Waals surface area contributed by atoms with Gasteiger partial charge >= 0.3 is 0 Å². The van der Waals surface area contributed by atoms with Crippen LogP contribution in [-0.2, 0) is 17.8 Å². The van der Waals surface area contributed by atoms with E-state index in [0.29, 0.717) is 12.8 Å². The van der Waals surface area contributed by atoms with Crippen molar-refractivity contribution in [3.8, 4) is 11.5 Å². The van der Waals surface area contributed by atoms with E-state index in [1.807, 2.05) is 6.07 Å². The number of hydrogen-bond acceptors (Lipinski definition) is 5. The third kappa shape index (κ3) is 4.13. The summed E-state index contributed by atoms with van der Waals surface area (Å²) in [6, 6.07) is 17.5. The lowest BCUT2D eigenvalue weighted by molar-refractivity contribution is -0.0452. The molecule has 0 radical (unpaired) electrons. The molecule has 5 rings (SSSR count). The molecule has 3 heterocycles. The normalized spacial score (nSPS) is 23.2. The summed E-state index contributed by atoms with van der Waals surface area (Å²) in [6.07, 6.45) is 3.38. The molecule has 29 heavy (non-hydrogen) atoms. The highest BCUT2D eigenvalue weighted by Gasteiger charge is 2.43. The van der Waals surface area contributed by atoms with Gasteiger partial charge in [0, 0.05) is 32.2 Å². The van der Waals surface area contributed by atoms with E-state index in [0.717, 1.165) is 63.5 Å². The highest BCUT2D eigenvalue weighted by Crippen LogP contribution is 2.38. The van der Waals surface area contributed by atoms with Crippen molar-refractivity contribution in [3.63, 3.8) is 0 Å². The van der Waals surface area contributed by atoms with E-state index >= 15 is 0 Å². The first-order valence-electron chi connectivity index (χ1n) is 10.7. The van der Waals surface area contributed by atoms with Crippen molar-refractivity contribution < 1.29 is 14.2 Å². The van der Waals surface area contributed by atoms with Crippen LogP contribution in [0.25, 0.3) is 0 Å². The highest BCUT2D eigenvalue weighted by atomic mass is 16.7. The zero-order chi connectivity index (χ0) is 19.7. The van der Waals surface area contributed by atoms with Gasteiger partial charge in [0.15, 0.2) is 11.5 Å². The van der Waals surface area contributed by atoms with Crippen LogP contribution in [-0.4, -0.2) is 55.0 Å². The summed E-state index contributed by atoms with van der Waals surface area (Å²) in [7, 11) is 2.23. The van der Waals surface area contributed by atoms with Crippen molar-refractivity contribution in [1.29, 1.82) is 0 Å². The number of piperidine rings is 1. The van der Waals surface area contributed by atoms with Gasteiger partial charge in [-0.25, -0.2) is 0 Å². The van der Waals surface area contributed by atoms with Gasteiger partial charge in [-0.15, -0.1) is 0 Å². The maximum atomic E-state index is 6.41. The van der Waals surface area contributed by atoms with Crippen molar-refractivity contribution in [3.05, 3.63) is 59.7 Å². The standard InChI is InChI=1S/C24H30N2O3/c1-25(15-19-5-3-2-4-6-19)21-14-24(29-17-21)9-11-26(12-10-24)16-20-7-8-22-23(13-20)28-18-27-22/h2-8,13,21H,9-12,14-18H2,1H3/t21-/m0/s1. The first kappa shape index (κ1) is 18.9. The second kappa shape index (κ2) is 7.98. The van der Waals surface area contributed by atoms with E-state index in [1.54, 1.807) is 0 Å². The van der Waals surface area contributed by atoms with Crippen LogP contribution in [0.1, 0.15) is 30.4 Å². The number of ether oxygens (including phenoxy) is 3. The molecule has 1 atom stereocenters. The Balaban J connectivity index is 1.13. The number of likely N-dealkylation sites (N-methyl/N-ethyl adjacent to an activating group) is 1. The van der Waals surface area contributed by atoms with Gasteiger partial charge in [0.2, 0.25) is 6.79 Å². The van der Waals surface area contributed by atoms with E-state index in [-0.39, 0.29) is 5.60 Å². The quantitative estimate of drug-likeness (QED) is 0.773. The molecule has 0 aromatic heterocycles. The summed E-state index contributed by atoms with van der Waals surface area (Å²) in [5.74, 6) is 1.73. The molecule has 0 amide bonds. The molecule has 2 fully saturated rings. The molecular weight excluding hydrogens is 364 g/mol. The van der Waals surface area contributed by atoms with Gasteiger partial charge in [-0.3, -0.25) is 9.80 Å². The number of benzene rings is 2. The number of nitrogens with zero attached hydrogens (tertiary/aromatic N) is 2. The summed E-state index contributed by atoms with van der Waals surface area (Å²) in [5.41, 5.74) is 2.73. The summed E-state index contributed by atoms with van der Waals surface area (Å²) in [5, 5.41) is 0. The minimum Gasteiger partial charge on any atom is -0.454 e. The van der Waals surface area contributed by atoms with Gasteiger partial charge in [-0.05, 0) is 49.6 Å². The molecule has 1 spiro atoms. The summed E-state index contributed by atoms with van der Waals surface area (Å²) >= 11 is 0. The number of hydrogen-bond donors (Lipinski definition) is 0. The molecule has 0 bridgehead atoms. The molecular formula is C24H30N2O3. The summed E-state index contributed by atoms with van der Waals surface area (Å²) in [6.45, 7) is 5.31. The van der Waals surface area contributed by atoms with Gasteiger partial charge in [0.1, 0.15) is 0 Å². The Kier molecular flexibility index (Phi) is 5.20. The lowest BCUT2D eigenvalue weighted by atomic mass is 9.87. The highest BCUT2D eigenvalue weighted by molar-refractivity contribution is 5.44. The Morgan fingerprint density at radius 2 is 1.79 bits per heavy atom. The molecule has 5 nitrogen and oxygen atoms in total. The van der Waals surface area contributed by atoms with E-state index in [2.05, 4.69) is 59.3 Å². The number of fused-ring (bicyclic) bond motifs is 1. The monoisotopic (exact) mass is 394 g/mol. The molecule has 2 aromatic rings. The average Bonchev–Trinajstić information content (AvgIpc) is 3.38. The fourth-order valence-corrected chi connectivity index (χ4v) is 4.87. The average molecular weight is 395 g/mol. The lowest BCUT2D eigenvalue weighted by Gasteiger charge is -2.39. The van der Waals surface area contributed by atoms with Crippen LogP contribution in [0.4, 0.5) is 0 Å². The van der Waals surface area contributed by atoms with Crippen molar-refractivity contribution in [2.24, 2.45) is 0 Å². The second-order valence-electron chi connectivity index (χ2n) is 8.72. The molecule has 2 saturated heterocycles. The molecule has 5 heteroatoms. The maximum Gasteiger partial charge on any atom is 0.231 e. The van der Waals surface area contributed by atoms with E-state index in [1.165, 1.54) is 11.1 Å². The van der Waals surface area contributed by atoms with Gasteiger partial charge < -0.3 is 14.2 Å². The fraction of sp³-hybridized carbons (Fsp3) is 0.500. The van der Waals surface area contributed by atoms with Crippen molar-refractivity contribution >= 4 is 0 Å². The van der Waals surface area contributed by atoms with Crippen LogP contribution >= 0.6 is 0 Å². The van der Waals surface area contributed by atoms with Crippen molar-refractivity contribution in [2.45, 2.75) is 44.0 Å². The van der Waals surface area contributed by atoms with Gasteiger partial charge in [-0.2, -0.15) is 0 Å². The largest absolute Gasteiger partial charge is 0.454 e. The van der Waals surface area contributed by atoms with E-state index in [4.69, 9.17) is 14.2 Å². The molecule has 0 N–H and O–H groups in total. The molecule has 154 valence electrons. The predicted molar refractivity (Wildman–Crippen MR) is 112 cm³/mol. The Morgan fingerprint density at radius 1 is 1.00 bits per heavy atom. The smallest absolute Gasteiger partial charge is 0.231 e. The molecule has 0 saturated carbocycles. The van der Waals surface area contributed by atoms with Gasteiger partial charge in [0.05, 0.1) is 12.2 Å². The van der Waals surface area contributed by atoms with Crippen LogP contribution < -0.4 is 9.47 Å². The zero-order valence-electron chi connectivity index (χ0n) is 17.2. The topological polar surface area (TPSA) is 34.2 Å². The summed E-state index contributed by atoms with van der Waals surface area (Å²) in [4.78, 5) is 5.00. The number of likely N-dealkylation sites (tertiary alicyclic amines) is 1. The van der Waals surface area contributed by atoms with Crippen LogP contribution in [0.2, 0.25) is 0 Å². The second-order valence-corrected chi connectivity index (χ2v) is 8.72. The SMILES string of the molecule is CN(Cc1ccccc1)[C@@H]1COC2(CCN(Cc3ccc4c(c3)OCO4)CC2)C1. The van der Waals surface area contributed by atoms with Crippen LogP contribution in [0, 0.1) is 0 Å². The third-order valence-corrected chi connectivity index (χ3v) is 6.70. The molecule has 3 aliphatic rings. The van der Waals surface area contributed by atoms with E-state index < -0.39 is 0 Å². The van der Waals surface area contributed by atoms with Gasteiger partial charge in [-0.1, -0.05) is 36.4 Å². The third-order valence-electron chi connectivity index (χ3n) is 6.70. The van der Waals surface area contributed by atoms with Crippen LogP contribution in [0.5, 0.6) is 11.5 Å². The molecule has 2 aromatic carbocycles. The fourth-order valence-electron chi connectivity index (χ4n) is 4.87. The molecule has 0 unspecified atom stereocenters. The van der Waals surface area contributed by atoms with Crippen molar-refractivity contribution in [1.82, 2.24) is 9.80 Å². The Hall–Kier alpha value is -2.08. The maximum absolute atomic E-state index is 6.41. The zero-order valence-corrected chi connectivity index (χ0v) is 17.2. The van der Waals surface area contributed by atoms with Crippen LogP contribution in [0.3, 0.4) is 0 Å². The first-order chi connectivity index (χ1) is 14.2. The Labute approximate surface area is 173 Å². The molecule has 3 aliphatic heterocycles. The first-order valence-corrected chi connectivity index (χ1v) is 10.7. The Morgan fingerprint density at radius 3 is 2.62 bits per heavy atom. The minimum absolute atomic E-state index is 0.0704. The summed E-state index contributed by atoms with van der Waals surface area (Å²) < 4.78 is 17.3. The van der Waals surface area contributed by atoms with E-state index in [9.17, 15) is 0 Å². The van der Waals surface area contributed by atoms with Gasteiger partial charge in [0.25, 0.3) is 0 Å².